The van der Waals surface area contributed by atoms with Crippen molar-refractivity contribution >= 4 is 11.3 Å². The largest absolute Gasteiger partial charge is 0.327 e. The van der Waals surface area contributed by atoms with Gasteiger partial charge >= 0.3 is 0 Å². The van der Waals surface area contributed by atoms with Gasteiger partial charge < -0.3 is 11.1 Å². The second kappa shape index (κ2) is 5.32. The van der Waals surface area contributed by atoms with Crippen LogP contribution in [0, 0.1) is 0 Å². The minimum absolute atomic E-state index is 0.225. The van der Waals surface area contributed by atoms with E-state index in [9.17, 15) is 0 Å². The maximum Gasteiger partial charge on any atom is 0.0965 e. The van der Waals surface area contributed by atoms with Crippen LogP contribution in [0.3, 0.4) is 0 Å². The molecule has 0 radical (unpaired) electrons. The highest BCUT2D eigenvalue weighted by molar-refractivity contribution is 7.09. The number of nitrogens with one attached hydrogen (secondary N) is 1. The van der Waals surface area contributed by atoms with Crippen molar-refractivity contribution in [3.8, 4) is 0 Å². The summed E-state index contributed by atoms with van der Waals surface area (Å²) in [6.45, 7) is 6.00. The van der Waals surface area contributed by atoms with Gasteiger partial charge in [-0.25, -0.2) is 4.98 Å². The number of rotatable bonds is 5. The molecule has 0 aliphatic carbocycles. The van der Waals surface area contributed by atoms with Gasteiger partial charge in [-0.2, -0.15) is 0 Å². The van der Waals surface area contributed by atoms with E-state index >= 15 is 0 Å². The Morgan fingerprint density at radius 2 is 2.31 bits per heavy atom. The van der Waals surface area contributed by atoms with E-state index in [1.807, 2.05) is 18.5 Å². The molecule has 0 aromatic carbocycles. The summed E-state index contributed by atoms with van der Waals surface area (Å²) in [5.74, 6) is 0.485. The molecule has 0 bridgehead atoms. The molecule has 0 aliphatic rings. The van der Waals surface area contributed by atoms with Crippen molar-refractivity contribution in [1.82, 2.24) is 10.3 Å². The van der Waals surface area contributed by atoms with Crippen LogP contribution < -0.4 is 11.1 Å². The first-order valence-corrected chi connectivity index (χ1v) is 5.43. The SMILES string of the molecule is CC(N)CNCC(C)c1nccs1. The molecule has 2 unspecified atom stereocenters. The molecule has 0 amide bonds. The fourth-order valence-electron chi connectivity index (χ4n) is 1.09. The van der Waals surface area contributed by atoms with Crippen molar-refractivity contribution in [2.24, 2.45) is 5.73 Å². The molecule has 3 nitrogen and oxygen atoms in total. The van der Waals surface area contributed by atoms with Gasteiger partial charge in [-0.3, -0.25) is 0 Å². The number of nitrogens with zero attached hydrogens (tertiary/aromatic N) is 1. The van der Waals surface area contributed by atoms with Crippen molar-refractivity contribution in [3.63, 3.8) is 0 Å². The van der Waals surface area contributed by atoms with Gasteiger partial charge in [0.15, 0.2) is 0 Å². The Labute approximate surface area is 83.4 Å². The van der Waals surface area contributed by atoms with Crippen LogP contribution in [-0.2, 0) is 0 Å². The predicted octanol–water partition coefficient (Wildman–Crippen LogP) is 1.18. The lowest BCUT2D eigenvalue weighted by molar-refractivity contribution is 0.569. The van der Waals surface area contributed by atoms with Crippen LogP contribution in [0.1, 0.15) is 24.8 Å². The molecular weight excluding hydrogens is 182 g/mol. The maximum absolute atomic E-state index is 5.62. The predicted molar refractivity (Wildman–Crippen MR) is 57.0 cm³/mol. The summed E-state index contributed by atoms with van der Waals surface area (Å²) >= 11 is 1.71. The molecule has 13 heavy (non-hydrogen) atoms. The Balaban J connectivity index is 2.22. The van der Waals surface area contributed by atoms with E-state index in [0.29, 0.717) is 5.92 Å². The quantitative estimate of drug-likeness (QED) is 0.749. The summed E-state index contributed by atoms with van der Waals surface area (Å²) in [7, 11) is 0. The van der Waals surface area contributed by atoms with E-state index in [1.54, 1.807) is 11.3 Å². The smallest absolute Gasteiger partial charge is 0.0965 e. The summed E-state index contributed by atoms with van der Waals surface area (Å²) in [4.78, 5) is 4.26. The molecular formula is C9H17N3S. The second-order valence-corrected chi connectivity index (χ2v) is 4.33. The van der Waals surface area contributed by atoms with Gasteiger partial charge in [0, 0.05) is 36.6 Å². The Kier molecular flexibility index (Phi) is 4.35. The zero-order valence-electron chi connectivity index (χ0n) is 8.16. The van der Waals surface area contributed by atoms with Gasteiger partial charge in [0.25, 0.3) is 0 Å². The molecule has 3 N–H and O–H groups in total. The Morgan fingerprint density at radius 1 is 1.54 bits per heavy atom. The van der Waals surface area contributed by atoms with Crippen LogP contribution in [0.25, 0.3) is 0 Å². The molecule has 0 aliphatic heterocycles. The molecule has 0 saturated carbocycles. The summed E-state index contributed by atoms with van der Waals surface area (Å²) in [5.41, 5.74) is 5.62. The van der Waals surface area contributed by atoms with Crippen molar-refractivity contribution in [3.05, 3.63) is 16.6 Å². The van der Waals surface area contributed by atoms with E-state index < -0.39 is 0 Å². The van der Waals surface area contributed by atoms with Crippen molar-refractivity contribution in [1.29, 1.82) is 0 Å². The van der Waals surface area contributed by atoms with Crippen LogP contribution in [-0.4, -0.2) is 24.1 Å². The monoisotopic (exact) mass is 199 g/mol. The lowest BCUT2D eigenvalue weighted by Gasteiger charge is -2.11. The van der Waals surface area contributed by atoms with Crippen LogP contribution in [0.15, 0.2) is 11.6 Å². The van der Waals surface area contributed by atoms with Gasteiger partial charge in [-0.05, 0) is 6.92 Å². The molecule has 2 atom stereocenters. The molecule has 74 valence electrons. The molecule has 1 rings (SSSR count). The maximum atomic E-state index is 5.62. The average molecular weight is 199 g/mol. The van der Waals surface area contributed by atoms with E-state index in [1.165, 1.54) is 5.01 Å². The normalized spacial score (nSPS) is 15.6. The number of hydrogen-bond donors (Lipinski definition) is 2. The molecule has 4 heteroatoms. The highest BCUT2D eigenvalue weighted by atomic mass is 32.1. The molecule has 1 aromatic rings. The molecule has 1 aromatic heterocycles. The highest BCUT2D eigenvalue weighted by Crippen LogP contribution is 2.15. The summed E-state index contributed by atoms with van der Waals surface area (Å²) in [5, 5.41) is 6.52. The Hall–Kier alpha value is -0.450. The van der Waals surface area contributed by atoms with Gasteiger partial charge in [-0.15, -0.1) is 11.3 Å². The lowest BCUT2D eigenvalue weighted by Crippen LogP contribution is -2.33. The lowest BCUT2D eigenvalue weighted by atomic mass is 10.2. The molecule has 0 fully saturated rings. The van der Waals surface area contributed by atoms with E-state index in [-0.39, 0.29) is 6.04 Å². The van der Waals surface area contributed by atoms with Gasteiger partial charge in [0.1, 0.15) is 0 Å². The topological polar surface area (TPSA) is 50.9 Å². The number of hydrogen-bond acceptors (Lipinski definition) is 4. The highest BCUT2D eigenvalue weighted by Gasteiger charge is 2.07. The molecule has 0 spiro atoms. The fraction of sp³-hybridized carbons (Fsp3) is 0.667. The molecule has 0 saturated heterocycles. The van der Waals surface area contributed by atoms with Crippen LogP contribution in [0.4, 0.5) is 0 Å². The number of nitrogens with two attached hydrogens (primary N) is 1. The first kappa shape index (κ1) is 10.6. The Morgan fingerprint density at radius 3 is 2.85 bits per heavy atom. The minimum atomic E-state index is 0.225. The van der Waals surface area contributed by atoms with E-state index in [4.69, 9.17) is 5.73 Å². The number of thiazole rings is 1. The van der Waals surface area contributed by atoms with E-state index in [2.05, 4.69) is 17.2 Å². The van der Waals surface area contributed by atoms with Crippen molar-refractivity contribution < 1.29 is 0 Å². The zero-order chi connectivity index (χ0) is 9.68. The van der Waals surface area contributed by atoms with Gasteiger partial charge in [-0.1, -0.05) is 6.92 Å². The summed E-state index contributed by atoms with van der Waals surface area (Å²) in [6, 6.07) is 0.225. The van der Waals surface area contributed by atoms with Crippen molar-refractivity contribution in [2.45, 2.75) is 25.8 Å². The third-order valence-electron chi connectivity index (χ3n) is 1.79. The Bertz CT molecular complexity index is 221. The fourth-order valence-corrected chi connectivity index (χ4v) is 1.79. The minimum Gasteiger partial charge on any atom is -0.327 e. The third-order valence-corrected chi connectivity index (χ3v) is 2.80. The number of aromatic nitrogens is 1. The summed E-state index contributed by atoms with van der Waals surface area (Å²) in [6.07, 6.45) is 1.85. The average Bonchev–Trinajstić information content (AvgIpc) is 2.55. The second-order valence-electron chi connectivity index (χ2n) is 3.41. The standard InChI is InChI=1S/C9H17N3S/c1-7(5-11-6-8(2)10)9-12-3-4-13-9/h3-4,7-8,11H,5-6,10H2,1-2H3. The van der Waals surface area contributed by atoms with Crippen LogP contribution in [0.5, 0.6) is 0 Å². The van der Waals surface area contributed by atoms with Gasteiger partial charge in [0.2, 0.25) is 0 Å². The first-order valence-electron chi connectivity index (χ1n) is 4.56. The third kappa shape index (κ3) is 3.85. The van der Waals surface area contributed by atoms with Crippen LogP contribution >= 0.6 is 11.3 Å². The molecule has 1 heterocycles. The van der Waals surface area contributed by atoms with Crippen molar-refractivity contribution in [2.75, 3.05) is 13.1 Å². The van der Waals surface area contributed by atoms with Crippen LogP contribution in [0.2, 0.25) is 0 Å². The van der Waals surface area contributed by atoms with E-state index in [0.717, 1.165) is 13.1 Å². The first-order chi connectivity index (χ1) is 6.20. The summed E-state index contributed by atoms with van der Waals surface area (Å²) < 4.78 is 0. The van der Waals surface area contributed by atoms with Gasteiger partial charge in [0.05, 0.1) is 5.01 Å². The zero-order valence-corrected chi connectivity index (χ0v) is 8.97.